The Morgan fingerprint density at radius 1 is 1.04 bits per heavy atom. The number of benzene rings is 2. The predicted molar refractivity (Wildman–Crippen MR) is 98.4 cm³/mol. The summed E-state index contributed by atoms with van der Waals surface area (Å²) < 4.78 is 5.65. The van der Waals surface area contributed by atoms with E-state index in [1.807, 2.05) is 42.5 Å². The van der Waals surface area contributed by atoms with Crippen LogP contribution in [0.25, 0.3) is 22.1 Å². The van der Waals surface area contributed by atoms with Crippen molar-refractivity contribution < 1.29 is 4.42 Å². The van der Waals surface area contributed by atoms with Gasteiger partial charge in [0.1, 0.15) is 16.9 Å². The molecule has 25 heavy (non-hydrogen) atoms. The van der Waals surface area contributed by atoms with Crippen molar-refractivity contribution in [1.29, 1.82) is 0 Å². The van der Waals surface area contributed by atoms with Gasteiger partial charge >= 0.3 is 0 Å². The Bertz CT molecular complexity index is 1070. The van der Waals surface area contributed by atoms with E-state index in [4.69, 9.17) is 4.42 Å². The van der Waals surface area contributed by atoms with Crippen molar-refractivity contribution in [3.63, 3.8) is 0 Å². The topological polar surface area (TPSA) is 62.1 Å². The second-order valence-electron chi connectivity index (χ2n) is 6.08. The van der Waals surface area contributed by atoms with E-state index >= 15 is 0 Å². The number of aromatic amines is 1. The Morgan fingerprint density at radius 2 is 1.80 bits per heavy atom. The molecule has 0 unspecified atom stereocenters. The fourth-order valence-electron chi connectivity index (χ4n) is 3.06. The summed E-state index contributed by atoms with van der Waals surface area (Å²) in [6, 6.07) is 17.9. The van der Waals surface area contributed by atoms with Crippen molar-refractivity contribution in [3.05, 3.63) is 76.3 Å². The van der Waals surface area contributed by atoms with Crippen LogP contribution in [-0.4, -0.2) is 21.4 Å². The fourth-order valence-corrected chi connectivity index (χ4v) is 3.06. The molecular weight excluding hydrogens is 314 g/mol. The molecule has 0 aliphatic heterocycles. The number of aromatic nitrogens is 2. The normalized spacial score (nSPS) is 11.6. The van der Waals surface area contributed by atoms with E-state index in [1.165, 1.54) is 5.56 Å². The Hall–Kier alpha value is -2.92. The highest BCUT2D eigenvalue weighted by atomic mass is 16.3. The molecule has 0 fully saturated rings. The fraction of sp³-hybridized carbons (Fsp3) is 0.200. The SMILES string of the molecule is CCN(Cc1ccccc1)Cc1nc2c(oc3ccccc32)c(=O)[nH]1. The first-order valence-corrected chi connectivity index (χ1v) is 8.41. The first-order chi connectivity index (χ1) is 12.2. The van der Waals surface area contributed by atoms with Crippen molar-refractivity contribution in [2.45, 2.75) is 20.0 Å². The van der Waals surface area contributed by atoms with Crippen LogP contribution in [0.4, 0.5) is 0 Å². The Kier molecular flexibility index (Phi) is 4.07. The summed E-state index contributed by atoms with van der Waals surface area (Å²) in [5.41, 5.74) is 2.61. The minimum absolute atomic E-state index is 0.230. The van der Waals surface area contributed by atoms with E-state index in [-0.39, 0.29) is 11.1 Å². The number of para-hydroxylation sites is 1. The Morgan fingerprint density at radius 3 is 2.60 bits per heavy atom. The molecule has 4 rings (SSSR count). The van der Waals surface area contributed by atoms with E-state index in [2.05, 4.69) is 33.9 Å². The number of nitrogens with zero attached hydrogens (tertiary/aromatic N) is 2. The lowest BCUT2D eigenvalue weighted by Gasteiger charge is -2.19. The minimum Gasteiger partial charge on any atom is -0.449 e. The largest absolute Gasteiger partial charge is 0.449 e. The van der Waals surface area contributed by atoms with Gasteiger partial charge in [0.05, 0.1) is 6.54 Å². The lowest BCUT2D eigenvalue weighted by atomic mass is 10.2. The molecule has 0 saturated heterocycles. The van der Waals surface area contributed by atoms with E-state index in [0.29, 0.717) is 23.5 Å². The zero-order valence-corrected chi connectivity index (χ0v) is 14.0. The first-order valence-electron chi connectivity index (χ1n) is 8.41. The summed E-state index contributed by atoms with van der Waals surface area (Å²) >= 11 is 0. The molecule has 2 heterocycles. The average molecular weight is 333 g/mol. The smallest absolute Gasteiger partial charge is 0.294 e. The highest BCUT2D eigenvalue weighted by Crippen LogP contribution is 2.24. The van der Waals surface area contributed by atoms with Gasteiger partial charge in [-0.15, -0.1) is 0 Å². The molecule has 0 spiro atoms. The zero-order chi connectivity index (χ0) is 17.2. The van der Waals surface area contributed by atoms with Crippen LogP contribution in [0.15, 0.2) is 63.8 Å². The van der Waals surface area contributed by atoms with Gasteiger partial charge < -0.3 is 9.40 Å². The van der Waals surface area contributed by atoms with Gasteiger partial charge in [0.15, 0.2) is 0 Å². The average Bonchev–Trinajstić information content (AvgIpc) is 3.01. The maximum atomic E-state index is 12.4. The molecule has 0 saturated carbocycles. The molecule has 2 aromatic heterocycles. The molecule has 0 aliphatic carbocycles. The van der Waals surface area contributed by atoms with Crippen LogP contribution in [0.1, 0.15) is 18.3 Å². The number of H-pyrrole nitrogens is 1. The number of hydrogen-bond donors (Lipinski definition) is 1. The second kappa shape index (κ2) is 6.53. The van der Waals surface area contributed by atoms with Gasteiger partial charge in [-0.2, -0.15) is 0 Å². The number of nitrogens with one attached hydrogen (secondary N) is 1. The van der Waals surface area contributed by atoms with E-state index in [0.717, 1.165) is 18.5 Å². The molecule has 5 nitrogen and oxygen atoms in total. The molecule has 0 bridgehead atoms. The van der Waals surface area contributed by atoms with Crippen LogP contribution in [-0.2, 0) is 13.1 Å². The molecule has 2 aromatic carbocycles. The van der Waals surface area contributed by atoms with Crippen molar-refractivity contribution >= 4 is 22.1 Å². The molecular formula is C20H19N3O2. The van der Waals surface area contributed by atoms with Crippen molar-refractivity contribution in [2.75, 3.05) is 6.54 Å². The standard InChI is InChI=1S/C20H19N3O2/c1-2-23(12-14-8-4-3-5-9-14)13-17-21-18-15-10-6-7-11-16(15)25-19(18)20(24)22-17/h3-11H,2,12-13H2,1H3,(H,21,22,24). The molecule has 4 aromatic rings. The summed E-state index contributed by atoms with van der Waals surface area (Å²) in [5.74, 6) is 0.654. The predicted octanol–water partition coefficient (Wildman–Crippen LogP) is 3.69. The number of hydrogen-bond acceptors (Lipinski definition) is 4. The lowest BCUT2D eigenvalue weighted by Crippen LogP contribution is -2.25. The van der Waals surface area contributed by atoms with Crippen LogP contribution < -0.4 is 5.56 Å². The Balaban J connectivity index is 1.68. The minimum atomic E-state index is -0.230. The van der Waals surface area contributed by atoms with Crippen LogP contribution in [0.2, 0.25) is 0 Å². The lowest BCUT2D eigenvalue weighted by molar-refractivity contribution is 0.264. The third-order valence-corrected chi connectivity index (χ3v) is 4.35. The van der Waals surface area contributed by atoms with Gasteiger partial charge in [-0.05, 0) is 24.2 Å². The van der Waals surface area contributed by atoms with Crippen molar-refractivity contribution in [3.8, 4) is 0 Å². The molecule has 0 radical (unpaired) electrons. The summed E-state index contributed by atoms with van der Waals surface area (Å²) in [4.78, 5) is 22.1. The molecule has 0 amide bonds. The first kappa shape index (κ1) is 15.6. The highest BCUT2D eigenvalue weighted by Gasteiger charge is 2.14. The van der Waals surface area contributed by atoms with Crippen LogP contribution >= 0.6 is 0 Å². The van der Waals surface area contributed by atoms with Crippen LogP contribution in [0.5, 0.6) is 0 Å². The third-order valence-electron chi connectivity index (χ3n) is 4.35. The molecule has 0 atom stereocenters. The highest BCUT2D eigenvalue weighted by molar-refractivity contribution is 6.01. The van der Waals surface area contributed by atoms with Gasteiger partial charge in [-0.3, -0.25) is 9.69 Å². The summed E-state index contributed by atoms with van der Waals surface area (Å²) in [6.45, 7) is 4.36. The third kappa shape index (κ3) is 3.06. The second-order valence-corrected chi connectivity index (χ2v) is 6.08. The maximum Gasteiger partial charge on any atom is 0.294 e. The summed E-state index contributed by atoms with van der Waals surface area (Å²) in [6.07, 6.45) is 0. The molecule has 0 aliphatic rings. The number of furan rings is 1. The Labute approximate surface area is 144 Å². The summed E-state index contributed by atoms with van der Waals surface area (Å²) in [5, 5.41) is 0.871. The van der Waals surface area contributed by atoms with E-state index in [1.54, 1.807) is 0 Å². The van der Waals surface area contributed by atoms with Gasteiger partial charge in [0.2, 0.25) is 5.58 Å². The number of rotatable bonds is 5. The van der Waals surface area contributed by atoms with Gasteiger partial charge in [-0.25, -0.2) is 4.98 Å². The van der Waals surface area contributed by atoms with Gasteiger partial charge in [0.25, 0.3) is 5.56 Å². The van der Waals surface area contributed by atoms with Gasteiger partial charge in [0, 0.05) is 11.9 Å². The molecule has 1 N–H and O–H groups in total. The zero-order valence-electron chi connectivity index (χ0n) is 14.0. The summed E-state index contributed by atoms with van der Waals surface area (Å²) in [7, 11) is 0. The quantitative estimate of drug-likeness (QED) is 0.605. The number of fused-ring (bicyclic) bond motifs is 3. The maximum absolute atomic E-state index is 12.4. The molecule has 126 valence electrons. The monoisotopic (exact) mass is 333 g/mol. The van der Waals surface area contributed by atoms with Crippen LogP contribution in [0.3, 0.4) is 0 Å². The van der Waals surface area contributed by atoms with Crippen molar-refractivity contribution in [2.24, 2.45) is 0 Å². The van der Waals surface area contributed by atoms with Gasteiger partial charge in [-0.1, -0.05) is 49.4 Å². The van der Waals surface area contributed by atoms with Crippen molar-refractivity contribution in [1.82, 2.24) is 14.9 Å². The van der Waals surface area contributed by atoms with Crippen LogP contribution in [0, 0.1) is 0 Å². The van der Waals surface area contributed by atoms with E-state index in [9.17, 15) is 4.79 Å². The molecule has 5 heteroatoms. The van der Waals surface area contributed by atoms with E-state index < -0.39 is 0 Å².